The van der Waals surface area contributed by atoms with Crippen LogP contribution >= 0.6 is 31.9 Å². The number of aliphatic hydroxyl groups excluding tert-OH is 1. The molecule has 0 saturated heterocycles. The van der Waals surface area contributed by atoms with Gasteiger partial charge in [-0.15, -0.1) is 0 Å². The van der Waals surface area contributed by atoms with Crippen LogP contribution in [0.3, 0.4) is 0 Å². The molecule has 1 unspecified atom stereocenters. The normalized spacial score (nSPS) is 13.0. The van der Waals surface area contributed by atoms with E-state index in [0.29, 0.717) is 15.8 Å². The van der Waals surface area contributed by atoms with Crippen LogP contribution < -0.4 is 5.69 Å². The fourth-order valence-corrected chi connectivity index (χ4v) is 3.42. The Labute approximate surface area is 137 Å². The number of aryl methyl sites for hydroxylation is 2. The molecule has 0 spiro atoms. The highest BCUT2D eigenvalue weighted by atomic mass is 79.9. The summed E-state index contributed by atoms with van der Waals surface area (Å²) < 4.78 is 9.52. The first-order chi connectivity index (χ1) is 9.91. The Hall–Kier alpha value is -1.31. The van der Waals surface area contributed by atoms with Gasteiger partial charge in [-0.2, -0.15) is 0 Å². The van der Waals surface area contributed by atoms with Gasteiger partial charge in [-0.1, -0.05) is 15.9 Å². The van der Waals surface area contributed by atoms with E-state index in [1.807, 2.05) is 12.1 Å². The molecule has 0 bridgehead atoms. The van der Waals surface area contributed by atoms with Crippen molar-refractivity contribution in [1.82, 2.24) is 9.13 Å². The number of aliphatic hydroxyl groups is 1. The molecule has 0 amide bonds. The maximum Gasteiger partial charge on any atom is 0.328 e. The number of hydrogen-bond donors (Lipinski definition) is 1. The highest BCUT2D eigenvalue weighted by molar-refractivity contribution is 9.10. The molecule has 0 radical (unpaired) electrons. The number of halogens is 2. The predicted octanol–water partition coefficient (Wildman–Crippen LogP) is 3.08. The molecule has 1 aromatic carbocycles. The molecule has 0 fully saturated rings. The number of aromatic nitrogens is 2. The highest BCUT2D eigenvalue weighted by Crippen LogP contribution is 2.35. The smallest absolute Gasteiger partial charge is 0.328 e. The molecule has 3 rings (SSSR count). The Morgan fingerprint density at radius 3 is 2.33 bits per heavy atom. The monoisotopic (exact) mass is 414 g/mol. The second-order valence-corrected chi connectivity index (χ2v) is 6.39. The second kappa shape index (κ2) is 5.15. The van der Waals surface area contributed by atoms with Crippen LogP contribution in [0, 0.1) is 0 Å². The van der Waals surface area contributed by atoms with Crippen molar-refractivity contribution in [3.05, 3.63) is 55.2 Å². The molecule has 1 atom stereocenters. The molecule has 0 aliphatic carbocycles. The van der Waals surface area contributed by atoms with Crippen molar-refractivity contribution >= 4 is 42.9 Å². The van der Waals surface area contributed by atoms with Crippen LogP contribution in [-0.2, 0) is 14.1 Å². The minimum atomic E-state index is -0.854. The average Bonchev–Trinajstić information content (AvgIpc) is 2.97. The van der Waals surface area contributed by atoms with Crippen LogP contribution in [0.1, 0.15) is 17.2 Å². The number of hydrogen-bond acceptors (Lipinski definition) is 3. The minimum Gasteiger partial charge on any atom is -0.457 e. The Morgan fingerprint density at radius 1 is 1.14 bits per heavy atom. The van der Waals surface area contributed by atoms with Gasteiger partial charge in [0.05, 0.1) is 17.3 Å². The maximum atomic E-state index is 12.0. The quantitative estimate of drug-likeness (QED) is 0.699. The van der Waals surface area contributed by atoms with Crippen molar-refractivity contribution < 1.29 is 9.52 Å². The number of furan rings is 1. The van der Waals surface area contributed by atoms with E-state index in [1.165, 1.54) is 6.26 Å². The van der Waals surface area contributed by atoms with Gasteiger partial charge in [-0.25, -0.2) is 4.79 Å². The van der Waals surface area contributed by atoms with E-state index in [-0.39, 0.29) is 5.69 Å². The zero-order chi connectivity index (χ0) is 15.3. The van der Waals surface area contributed by atoms with Gasteiger partial charge in [0.15, 0.2) is 4.67 Å². The summed E-state index contributed by atoms with van der Waals surface area (Å²) in [6, 6.07) is 5.35. The van der Waals surface area contributed by atoms with Gasteiger partial charge >= 0.3 is 5.69 Å². The zero-order valence-electron chi connectivity index (χ0n) is 11.3. The lowest BCUT2D eigenvalue weighted by molar-refractivity contribution is 0.217. The minimum absolute atomic E-state index is 0.104. The lowest BCUT2D eigenvalue weighted by Crippen LogP contribution is -2.19. The van der Waals surface area contributed by atoms with Gasteiger partial charge < -0.3 is 9.52 Å². The second-order valence-electron chi connectivity index (χ2n) is 4.82. The zero-order valence-corrected chi connectivity index (χ0v) is 14.5. The van der Waals surface area contributed by atoms with Crippen molar-refractivity contribution in [2.75, 3.05) is 0 Å². The predicted molar refractivity (Wildman–Crippen MR) is 86.3 cm³/mol. The molecular weight excluding hydrogens is 404 g/mol. The lowest BCUT2D eigenvalue weighted by atomic mass is 10.0. The Morgan fingerprint density at radius 2 is 1.76 bits per heavy atom. The topological polar surface area (TPSA) is 60.3 Å². The van der Waals surface area contributed by atoms with E-state index >= 15 is 0 Å². The third kappa shape index (κ3) is 2.20. The van der Waals surface area contributed by atoms with E-state index < -0.39 is 6.10 Å². The largest absolute Gasteiger partial charge is 0.457 e. The number of fused-ring (bicyclic) bond motifs is 1. The number of rotatable bonds is 2. The van der Waals surface area contributed by atoms with E-state index in [4.69, 9.17) is 4.42 Å². The number of nitrogens with zero attached hydrogens (tertiary/aromatic N) is 2. The fourth-order valence-electron chi connectivity index (χ4n) is 2.41. The third-order valence-corrected chi connectivity index (χ3v) is 4.96. The summed E-state index contributed by atoms with van der Waals surface area (Å²) in [5.74, 6) is 0. The van der Waals surface area contributed by atoms with Crippen LogP contribution in [0.15, 0.2) is 42.8 Å². The summed E-state index contributed by atoms with van der Waals surface area (Å²) in [7, 11) is 3.43. The molecule has 21 heavy (non-hydrogen) atoms. The van der Waals surface area contributed by atoms with Crippen molar-refractivity contribution in [3.63, 3.8) is 0 Å². The van der Waals surface area contributed by atoms with Crippen LogP contribution in [0.4, 0.5) is 0 Å². The Bertz CT molecular complexity index is 892. The van der Waals surface area contributed by atoms with Gasteiger partial charge in [0.1, 0.15) is 6.10 Å². The molecule has 7 heteroatoms. The summed E-state index contributed by atoms with van der Waals surface area (Å²) in [5, 5.41) is 10.6. The highest BCUT2D eigenvalue weighted by Gasteiger charge is 2.20. The molecule has 5 nitrogen and oxygen atoms in total. The Balaban J connectivity index is 2.24. The van der Waals surface area contributed by atoms with E-state index in [2.05, 4.69) is 31.9 Å². The first-order valence-corrected chi connectivity index (χ1v) is 7.76. The van der Waals surface area contributed by atoms with E-state index in [9.17, 15) is 9.90 Å². The van der Waals surface area contributed by atoms with Crippen molar-refractivity contribution in [2.24, 2.45) is 14.1 Å². The molecule has 2 aromatic heterocycles. The average molecular weight is 416 g/mol. The SMILES string of the molecule is Cn1c(=O)n(C)c2cc(C(O)c3ccoc3Br)c(Br)cc21. The molecule has 2 heterocycles. The summed E-state index contributed by atoms with van der Waals surface area (Å²) >= 11 is 6.73. The van der Waals surface area contributed by atoms with Crippen molar-refractivity contribution in [3.8, 4) is 0 Å². The van der Waals surface area contributed by atoms with Gasteiger partial charge in [0.2, 0.25) is 0 Å². The van der Waals surface area contributed by atoms with Crippen LogP contribution in [0.25, 0.3) is 11.0 Å². The Kier molecular flexibility index (Phi) is 3.59. The molecule has 0 saturated carbocycles. The van der Waals surface area contributed by atoms with Crippen LogP contribution in [-0.4, -0.2) is 14.2 Å². The van der Waals surface area contributed by atoms with Crippen LogP contribution in [0.5, 0.6) is 0 Å². The molecule has 110 valence electrons. The summed E-state index contributed by atoms with van der Waals surface area (Å²) in [4.78, 5) is 12.0. The number of imidazole rings is 1. The molecule has 1 N–H and O–H groups in total. The first-order valence-electron chi connectivity index (χ1n) is 6.17. The van der Waals surface area contributed by atoms with Gasteiger partial charge in [0.25, 0.3) is 0 Å². The fraction of sp³-hybridized carbons (Fsp3) is 0.214. The van der Waals surface area contributed by atoms with Crippen molar-refractivity contribution in [2.45, 2.75) is 6.10 Å². The maximum absolute atomic E-state index is 12.0. The van der Waals surface area contributed by atoms with Gasteiger partial charge in [-0.05, 0) is 34.1 Å². The van der Waals surface area contributed by atoms with Crippen molar-refractivity contribution in [1.29, 1.82) is 0 Å². The summed E-state index contributed by atoms with van der Waals surface area (Å²) in [6.45, 7) is 0. The third-order valence-electron chi connectivity index (χ3n) is 3.63. The van der Waals surface area contributed by atoms with E-state index in [0.717, 1.165) is 15.5 Å². The molecule has 0 aliphatic heterocycles. The van der Waals surface area contributed by atoms with Gasteiger partial charge in [0, 0.05) is 29.7 Å². The first kappa shape index (κ1) is 14.6. The molecular formula is C14H12Br2N2O3. The van der Waals surface area contributed by atoms with E-state index in [1.54, 1.807) is 29.3 Å². The molecule has 3 aromatic rings. The number of benzene rings is 1. The summed E-state index contributed by atoms with van der Waals surface area (Å²) in [5.41, 5.74) is 2.77. The standard InChI is InChI=1S/C14H12Br2N2O3/c1-17-10-5-8(12(19)7-3-4-21-13(7)16)9(15)6-11(10)18(2)14(17)20/h3-6,12,19H,1-2H3. The van der Waals surface area contributed by atoms with Crippen LogP contribution in [0.2, 0.25) is 0 Å². The molecule has 0 aliphatic rings. The lowest BCUT2D eigenvalue weighted by Gasteiger charge is -2.12. The van der Waals surface area contributed by atoms with Gasteiger partial charge in [-0.3, -0.25) is 9.13 Å². The summed E-state index contributed by atoms with van der Waals surface area (Å²) in [6.07, 6.45) is 0.653.